The molecule has 0 spiro atoms. The molecule has 1 amide bonds. The maximum absolute atomic E-state index is 12.9. The van der Waals surface area contributed by atoms with E-state index in [4.69, 9.17) is 0 Å². The van der Waals surface area contributed by atoms with Crippen LogP contribution in [0.1, 0.15) is 5.69 Å². The molecule has 4 rings (SSSR count). The number of rotatable bonds is 2. The fraction of sp³-hybridized carbons (Fsp3) is 0.294. The van der Waals surface area contributed by atoms with E-state index in [9.17, 15) is 9.59 Å². The van der Waals surface area contributed by atoms with Crippen LogP contribution in [0.25, 0.3) is 11.0 Å². The van der Waals surface area contributed by atoms with Gasteiger partial charge in [0.05, 0.1) is 11.0 Å². The van der Waals surface area contributed by atoms with Crippen molar-refractivity contribution < 1.29 is 4.79 Å². The SMILES string of the molecule is Cc1csc(=O)n1CC(=O)N1CCN(C)c2nc3ccccc3nc21. The number of fused-ring (bicyclic) bond motifs is 2. The Kier molecular flexibility index (Phi) is 3.76. The molecule has 3 aromatic rings. The van der Waals surface area contributed by atoms with Crippen molar-refractivity contribution >= 4 is 39.9 Å². The summed E-state index contributed by atoms with van der Waals surface area (Å²) in [5, 5.41) is 1.76. The van der Waals surface area contributed by atoms with Gasteiger partial charge in [0, 0.05) is 31.2 Å². The highest BCUT2D eigenvalue weighted by Gasteiger charge is 2.29. The molecule has 0 saturated carbocycles. The van der Waals surface area contributed by atoms with Gasteiger partial charge in [0.2, 0.25) is 5.91 Å². The van der Waals surface area contributed by atoms with Gasteiger partial charge in [-0.15, -0.1) is 0 Å². The Bertz CT molecular complexity index is 1030. The van der Waals surface area contributed by atoms with Crippen molar-refractivity contribution in [2.24, 2.45) is 0 Å². The van der Waals surface area contributed by atoms with Crippen LogP contribution in [-0.4, -0.2) is 40.6 Å². The molecule has 0 saturated heterocycles. The third-order valence-corrected chi connectivity index (χ3v) is 5.26. The van der Waals surface area contributed by atoms with E-state index in [0.717, 1.165) is 28.1 Å². The summed E-state index contributed by atoms with van der Waals surface area (Å²) < 4.78 is 1.50. The Morgan fingerprint density at radius 3 is 2.48 bits per heavy atom. The molecule has 25 heavy (non-hydrogen) atoms. The van der Waals surface area contributed by atoms with Crippen molar-refractivity contribution in [3.8, 4) is 0 Å². The number of amides is 1. The standard InChI is InChI=1S/C17H17N5O2S/c1-11-10-25-17(24)22(11)9-14(23)21-8-7-20(2)15-16(21)19-13-6-4-3-5-12(13)18-15/h3-6,10H,7-9H2,1-2H3. The Morgan fingerprint density at radius 2 is 1.84 bits per heavy atom. The summed E-state index contributed by atoms with van der Waals surface area (Å²) in [7, 11) is 1.94. The van der Waals surface area contributed by atoms with E-state index in [1.165, 1.54) is 4.57 Å². The van der Waals surface area contributed by atoms with Gasteiger partial charge in [-0.05, 0) is 19.1 Å². The zero-order valence-electron chi connectivity index (χ0n) is 14.0. The van der Waals surface area contributed by atoms with Crippen LogP contribution < -0.4 is 14.7 Å². The molecular weight excluding hydrogens is 338 g/mol. The number of carbonyl (C=O) groups is 1. The molecule has 1 aliphatic heterocycles. The molecule has 1 aliphatic rings. The van der Waals surface area contributed by atoms with E-state index in [1.807, 2.05) is 43.1 Å². The zero-order chi connectivity index (χ0) is 17.6. The van der Waals surface area contributed by atoms with Crippen molar-refractivity contribution in [1.29, 1.82) is 0 Å². The van der Waals surface area contributed by atoms with Gasteiger partial charge in [0.15, 0.2) is 11.6 Å². The number of para-hydroxylation sites is 2. The topological polar surface area (TPSA) is 71.3 Å². The average molecular weight is 355 g/mol. The maximum atomic E-state index is 12.9. The van der Waals surface area contributed by atoms with Gasteiger partial charge < -0.3 is 4.90 Å². The van der Waals surface area contributed by atoms with Crippen molar-refractivity contribution in [2.75, 3.05) is 29.9 Å². The lowest BCUT2D eigenvalue weighted by atomic mass is 10.2. The number of hydrogen-bond acceptors (Lipinski definition) is 6. The summed E-state index contributed by atoms with van der Waals surface area (Å²) in [6.45, 7) is 3.04. The van der Waals surface area contributed by atoms with Gasteiger partial charge in [-0.2, -0.15) is 0 Å². The molecule has 0 atom stereocenters. The van der Waals surface area contributed by atoms with Crippen LogP contribution in [-0.2, 0) is 11.3 Å². The van der Waals surface area contributed by atoms with Gasteiger partial charge in [0.25, 0.3) is 0 Å². The molecular formula is C17H17N5O2S. The number of anilines is 2. The number of carbonyl (C=O) groups excluding carboxylic acids is 1. The monoisotopic (exact) mass is 355 g/mol. The Labute approximate surface area is 148 Å². The number of nitrogens with zero attached hydrogens (tertiary/aromatic N) is 5. The molecule has 128 valence electrons. The van der Waals surface area contributed by atoms with Gasteiger partial charge in [-0.1, -0.05) is 23.5 Å². The highest BCUT2D eigenvalue weighted by molar-refractivity contribution is 7.07. The van der Waals surface area contributed by atoms with Crippen molar-refractivity contribution in [3.63, 3.8) is 0 Å². The Morgan fingerprint density at radius 1 is 1.16 bits per heavy atom. The molecule has 3 heterocycles. The predicted molar refractivity (Wildman–Crippen MR) is 98.5 cm³/mol. The molecule has 0 N–H and O–H groups in total. The van der Waals surface area contributed by atoms with Crippen LogP contribution in [0.3, 0.4) is 0 Å². The van der Waals surface area contributed by atoms with E-state index in [1.54, 1.807) is 10.3 Å². The van der Waals surface area contributed by atoms with E-state index >= 15 is 0 Å². The van der Waals surface area contributed by atoms with Gasteiger partial charge in [-0.25, -0.2) is 9.97 Å². The third kappa shape index (κ3) is 2.68. The minimum absolute atomic E-state index is 0.0197. The fourth-order valence-corrected chi connectivity index (χ4v) is 3.67. The van der Waals surface area contributed by atoms with E-state index in [2.05, 4.69) is 9.97 Å². The Balaban J connectivity index is 1.75. The maximum Gasteiger partial charge on any atom is 0.307 e. The molecule has 0 unspecified atom stereocenters. The molecule has 1 aromatic carbocycles. The number of aryl methyl sites for hydroxylation is 1. The second-order valence-corrected chi connectivity index (χ2v) is 6.88. The summed E-state index contributed by atoms with van der Waals surface area (Å²) in [6.07, 6.45) is 0. The molecule has 0 bridgehead atoms. The highest BCUT2D eigenvalue weighted by atomic mass is 32.1. The number of aromatic nitrogens is 3. The Hall–Kier alpha value is -2.74. The predicted octanol–water partition coefficient (Wildman–Crippen LogP) is 1.64. The second kappa shape index (κ2) is 5.96. The third-order valence-electron chi connectivity index (χ3n) is 4.38. The first-order valence-corrected chi connectivity index (χ1v) is 8.86. The first-order valence-electron chi connectivity index (χ1n) is 7.98. The summed E-state index contributed by atoms with van der Waals surface area (Å²) in [5.74, 6) is 1.09. The van der Waals surface area contributed by atoms with Crippen LogP contribution in [0.15, 0.2) is 34.4 Å². The molecule has 7 nitrogen and oxygen atoms in total. The van der Waals surface area contributed by atoms with Gasteiger partial charge >= 0.3 is 4.87 Å². The number of benzene rings is 1. The highest BCUT2D eigenvalue weighted by Crippen LogP contribution is 2.30. The molecule has 8 heteroatoms. The molecule has 0 aliphatic carbocycles. The average Bonchev–Trinajstić information content (AvgIpc) is 2.92. The van der Waals surface area contributed by atoms with E-state index in [-0.39, 0.29) is 17.3 Å². The summed E-state index contributed by atoms with van der Waals surface area (Å²) in [6, 6.07) is 7.61. The van der Waals surface area contributed by atoms with Crippen LogP contribution in [0.2, 0.25) is 0 Å². The lowest BCUT2D eigenvalue weighted by Gasteiger charge is -2.33. The number of thiazole rings is 1. The normalized spacial score (nSPS) is 14.0. The summed E-state index contributed by atoms with van der Waals surface area (Å²) >= 11 is 1.11. The molecule has 0 fully saturated rings. The summed E-state index contributed by atoms with van der Waals surface area (Å²) in [4.78, 5) is 37.6. The van der Waals surface area contributed by atoms with Crippen LogP contribution >= 0.6 is 11.3 Å². The summed E-state index contributed by atoms with van der Waals surface area (Å²) in [5.41, 5.74) is 2.34. The van der Waals surface area contributed by atoms with Crippen molar-refractivity contribution in [1.82, 2.24) is 14.5 Å². The van der Waals surface area contributed by atoms with Crippen LogP contribution in [0.5, 0.6) is 0 Å². The number of likely N-dealkylation sites (N-methyl/N-ethyl adjacent to an activating group) is 1. The second-order valence-electron chi connectivity index (χ2n) is 6.06. The number of hydrogen-bond donors (Lipinski definition) is 0. The van der Waals surface area contributed by atoms with Gasteiger partial charge in [-0.3, -0.25) is 19.1 Å². The van der Waals surface area contributed by atoms with Gasteiger partial charge in [0.1, 0.15) is 6.54 Å². The van der Waals surface area contributed by atoms with Crippen molar-refractivity contribution in [2.45, 2.75) is 13.5 Å². The first kappa shape index (κ1) is 15.8. The van der Waals surface area contributed by atoms with E-state index < -0.39 is 0 Å². The smallest absolute Gasteiger partial charge is 0.307 e. The molecule has 0 radical (unpaired) electrons. The van der Waals surface area contributed by atoms with Crippen molar-refractivity contribution in [3.05, 3.63) is 45.0 Å². The van der Waals surface area contributed by atoms with E-state index in [0.29, 0.717) is 24.7 Å². The van der Waals surface area contributed by atoms with Crippen LogP contribution in [0.4, 0.5) is 11.6 Å². The largest absolute Gasteiger partial charge is 0.355 e. The minimum atomic E-state index is -0.150. The fourth-order valence-electron chi connectivity index (χ4n) is 2.94. The first-order chi connectivity index (χ1) is 12.0. The molecule has 2 aromatic heterocycles. The van der Waals surface area contributed by atoms with Crippen LogP contribution in [0, 0.1) is 6.92 Å². The quantitative estimate of drug-likeness (QED) is 0.699. The minimum Gasteiger partial charge on any atom is -0.355 e. The lowest BCUT2D eigenvalue weighted by molar-refractivity contribution is -0.119. The lowest BCUT2D eigenvalue weighted by Crippen LogP contribution is -2.45. The zero-order valence-corrected chi connectivity index (χ0v) is 14.8.